The van der Waals surface area contributed by atoms with E-state index < -0.39 is 5.95 Å². The Morgan fingerprint density at radius 2 is 1.59 bits per heavy atom. The van der Waals surface area contributed by atoms with Gasteiger partial charge in [0.05, 0.1) is 0 Å². The molecule has 94 valence electrons. The first-order valence-electron chi connectivity index (χ1n) is 6.42. The van der Waals surface area contributed by atoms with Gasteiger partial charge in [0, 0.05) is 5.57 Å². The second kappa shape index (κ2) is 7.77. The number of hydrogen-bond acceptors (Lipinski definition) is 2. The molecule has 1 aromatic carbocycles. The monoisotopic (exact) mass is 234 g/mol. The van der Waals surface area contributed by atoms with Crippen LogP contribution < -0.4 is 0 Å². The highest BCUT2D eigenvalue weighted by Crippen LogP contribution is 2.23. The van der Waals surface area contributed by atoms with Gasteiger partial charge in [-0.1, -0.05) is 62.9 Å². The molecule has 0 saturated carbocycles. The molecule has 0 spiro atoms. The van der Waals surface area contributed by atoms with Crippen LogP contribution in [-0.2, 0) is 0 Å². The quantitative estimate of drug-likeness (QED) is 0.524. The highest BCUT2D eigenvalue weighted by Gasteiger charge is 2.07. The van der Waals surface area contributed by atoms with Crippen molar-refractivity contribution in [2.45, 2.75) is 45.4 Å². The average Bonchev–Trinajstić information content (AvgIpc) is 2.34. The summed E-state index contributed by atoms with van der Waals surface area (Å²) in [4.78, 5) is 0. The van der Waals surface area contributed by atoms with Crippen LogP contribution in [0.2, 0.25) is 0 Å². The molecule has 2 heteroatoms. The van der Waals surface area contributed by atoms with Gasteiger partial charge in [-0.2, -0.15) is 0 Å². The van der Waals surface area contributed by atoms with Crippen LogP contribution in [0.5, 0.6) is 0 Å². The van der Waals surface area contributed by atoms with Crippen molar-refractivity contribution in [2.75, 3.05) is 0 Å². The molecule has 0 fully saturated rings. The van der Waals surface area contributed by atoms with Crippen molar-refractivity contribution in [2.24, 2.45) is 0 Å². The standard InChI is InChI=1S/C15H22O2/c1-2-3-4-5-9-12-14(15(16)17)13-10-7-6-8-11-13/h6-8,10-11,16-17H,2-5,9,12H2,1H3. The molecule has 0 bridgehead atoms. The lowest BCUT2D eigenvalue weighted by molar-refractivity contribution is 0.193. The first-order valence-corrected chi connectivity index (χ1v) is 6.42. The fourth-order valence-electron chi connectivity index (χ4n) is 1.93. The van der Waals surface area contributed by atoms with E-state index in [4.69, 9.17) is 0 Å². The maximum atomic E-state index is 9.30. The molecule has 0 aliphatic heterocycles. The summed E-state index contributed by atoms with van der Waals surface area (Å²) in [5.74, 6) is -0.535. The third kappa shape index (κ3) is 4.94. The number of allylic oxidation sites excluding steroid dienone is 1. The van der Waals surface area contributed by atoms with Crippen molar-refractivity contribution in [3.63, 3.8) is 0 Å². The molecule has 2 nitrogen and oxygen atoms in total. The van der Waals surface area contributed by atoms with Crippen LogP contribution in [0.25, 0.3) is 5.57 Å². The Balaban J connectivity index is 2.50. The third-order valence-corrected chi connectivity index (χ3v) is 2.92. The largest absolute Gasteiger partial charge is 0.481 e. The SMILES string of the molecule is CCCCCCCC(=C(O)O)c1ccccc1. The molecule has 0 heterocycles. The molecule has 0 atom stereocenters. The lowest BCUT2D eigenvalue weighted by atomic mass is 10.00. The Kier molecular flexibility index (Phi) is 6.23. The molecular weight excluding hydrogens is 212 g/mol. The Morgan fingerprint density at radius 1 is 0.941 bits per heavy atom. The summed E-state index contributed by atoms with van der Waals surface area (Å²) in [5.41, 5.74) is 1.56. The molecule has 2 N–H and O–H groups in total. The zero-order chi connectivity index (χ0) is 12.5. The van der Waals surface area contributed by atoms with Crippen molar-refractivity contribution in [1.82, 2.24) is 0 Å². The first kappa shape index (κ1) is 13.6. The van der Waals surface area contributed by atoms with Gasteiger partial charge in [0.25, 0.3) is 5.95 Å². The minimum absolute atomic E-state index is 0.535. The van der Waals surface area contributed by atoms with E-state index >= 15 is 0 Å². The van der Waals surface area contributed by atoms with Gasteiger partial charge in [0.15, 0.2) is 0 Å². The van der Waals surface area contributed by atoms with Crippen LogP contribution in [0, 0.1) is 0 Å². The van der Waals surface area contributed by atoms with E-state index in [-0.39, 0.29) is 0 Å². The topological polar surface area (TPSA) is 40.5 Å². The molecule has 0 unspecified atom stereocenters. The number of hydrogen-bond donors (Lipinski definition) is 2. The van der Waals surface area contributed by atoms with Crippen LogP contribution in [0.4, 0.5) is 0 Å². The summed E-state index contributed by atoms with van der Waals surface area (Å²) in [6, 6.07) is 9.57. The summed E-state index contributed by atoms with van der Waals surface area (Å²) < 4.78 is 0. The van der Waals surface area contributed by atoms with Crippen LogP contribution in [0.1, 0.15) is 51.0 Å². The van der Waals surface area contributed by atoms with E-state index in [0.29, 0.717) is 5.57 Å². The maximum Gasteiger partial charge on any atom is 0.278 e. The van der Waals surface area contributed by atoms with Gasteiger partial charge in [0.2, 0.25) is 0 Å². The fraction of sp³-hybridized carbons (Fsp3) is 0.467. The number of rotatable bonds is 7. The molecule has 0 saturated heterocycles. The molecule has 1 aromatic rings. The Hall–Kier alpha value is -1.44. The van der Waals surface area contributed by atoms with Crippen LogP contribution >= 0.6 is 0 Å². The number of aliphatic hydroxyl groups is 2. The van der Waals surface area contributed by atoms with Crippen molar-refractivity contribution >= 4 is 5.57 Å². The maximum absolute atomic E-state index is 9.30. The van der Waals surface area contributed by atoms with E-state index in [1.165, 1.54) is 19.3 Å². The molecule has 0 aliphatic carbocycles. The molecule has 17 heavy (non-hydrogen) atoms. The van der Waals surface area contributed by atoms with E-state index in [9.17, 15) is 10.2 Å². The third-order valence-electron chi connectivity index (χ3n) is 2.92. The minimum atomic E-state index is -0.535. The highest BCUT2D eigenvalue weighted by atomic mass is 16.5. The average molecular weight is 234 g/mol. The lowest BCUT2D eigenvalue weighted by Gasteiger charge is -2.07. The van der Waals surface area contributed by atoms with Gasteiger partial charge >= 0.3 is 0 Å². The molecule has 0 aliphatic rings. The molecule has 0 radical (unpaired) electrons. The van der Waals surface area contributed by atoms with Gasteiger partial charge in [-0.15, -0.1) is 0 Å². The van der Waals surface area contributed by atoms with Gasteiger partial charge in [-0.3, -0.25) is 0 Å². The number of benzene rings is 1. The molecule has 1 rings (SSSR count). The first-order chi connectivity index (χ1) is 8.25. The van der Waals surface area contributed by atoms with Crippen molar-refractivity contribution in [1.29, 1.82) is 0 Å². The van der Waals surface area contributed by atoms with Gasteiger partial charge in [-0.25, -0.2) is 0 Å². The smallest absolute Gasteiger partial charge is 0.278 e. The van der Waals surface area contributed by atoms with Gasteiger partial charge in [0.1, 0.15) is 0 Å². The van der Waals surface area contributed by atoms with Crippen molar-refractivity contribution < 1.29 is 10.2 Å². The fourth-order valence-corrected chi connectivity index (χ4v) is 1.93. The zero-order valence-electron chi connectivity index (χ0n) is 10.5. The molecule has 0 aromatic heterocycles. The lowest BCUT2D eigenvalue weighted by Crippen LogP contribution is -1.92. The van der Waals surface area contributed by atoms with Crippen LogP contribution in [0.15, 0.2) is 36.3 Å². The van der Waals surface area contributed by atoms with Gasteiger partial charge in [-0.05, 0) is 18.4 Å². The molecule has 0 amide bonds. The predicted octanol–water partition coefficient (Wildman–Crippen LogP) is 4.83. The molecular formula is C15H22O2. The second-order valence-corrected chi connectivity index (χ2v) is 4.33. The number of unbranched alkanes of at least 4 members (excludes halogenated alkanes) is 4. The summed E-state index contributed by atoms with van der Waals surface area (Å²) in [6.45, 7) is 2.19. The van der Waals surface area contributed by atoms with E-state index in [1.807, 2.05) is 30.3 Å². The zero-order valence-corrected chi connectivity index (χ0v) is 10.5. The van der Waals surface area contributed by atoms with E-state index in [1.54, 1.807) is 0 Å². The van der Waals surface area contributed by atoms with Crippen LogP contribution in [0.3, 0.4) is 0 Å². The van der Waals surface area contributed by atoms with Crippen molar-refractivity contribution in [3.05, 3.63) is 41.8 Å². The Morgan fingerprint density at radius 3 is 2.18 bits per heavy atom. The summed E-state index contributed by atoms with van der Waals surface area (Å²) in [7, 11) is 0. The van der Waals surface area contributed by atoms with Gasteiger partial charge < -0.3 is 10.2 Å². The van der Waals surface area contributed by atoms with Crippen LogP contribution in [-0.4, -0.2) is 10.2 Å². The predicted molar refractivity (Wildman–Crippen MR) is 72.0 cm³/mol. The Labute approximate surface area is 104 Å². The number of aliphatic hydroxyl groups excluding tert-OH is 1. The summed E-state index contributed by atoms with van der Waals surface area (Å²) >= 11 is 0. The van der Waals surface area contributed by atoms with Crippen molar-refractivity contribution in [3.8, 4) is 0 Å². The van der Waals surface area contributed by atoms with E-state index in [2.05, 4.69) is 6.92 Å². The normalized spacial score (nSPS) is 10.2. The highest BCUT2D eigenvalue weighted by molar-refractivity contribution is 5.65. The minimum Gasteiger partial charge on any atom is -0.481 e. The van der Waals surface area contributed by atoms with E-state index in [0.717, 1.165) is 24.8 Å². The Bertz CT molecular complexity index is 337. The second-order valence-electron chi connectivity index (χ2n) is 4.33. The summed E-state index contributed by atoms with van der Waals surface area (Å²) in [5, 5.41) is 18.6. The summed E-state index contributed by atoms with van der Waals surface area (Å²) in [6.07, 6.45) is 6.61.